The van der Waals surface area contributed by atoms with Crippen LogP contribution in [-0.4, -0.2) is 20.4 Å². The maximum Gasteiger partial charge on any atom is 0.410 e. The average molecular weight is 429 g/mol. The molecule has 0 amide bonds. The molecule has 26 heavy (non-hydrogen) atoms. The molecule has 0 heterocycles. The highest BCUT2D eigenvalue weighted by Gasteiger charge is 2.30. The third-order valence-electron chi connectivity index (χ3n) is 4.06. The fraction of sp³-hybridized carbons (Fsp3) is 0.300. The average Bonchev–Trinajstić information content (AvgIpc) is 2.55. The van der Waals surface area contributed by atoms with Gasteiger partial charge in [-0.15, -0.1) is 0 Å². The fourth-order valence-corrected chi connectivity index (χ4v) is 3.67. The fourth-order valence-electron chi connectivity index (χ4n) is 2.92. The summed E-state index contributed by atoms with van der Waals surface area (Å²) >= 11 is 3.16. The Morgan fingerprint density at radius 2 is 1.69 bits per heavy atom. The van der Waals surface area contributed by atoms with Crippen molar-refractivity contribution in [1.29, 1.82) is 0 Å². The topological polar surface area (TPSA) is 18.5 Å². The summed E-state index contributed by atoms with van der Waals surface area (Å²) in [7, 11) is 3.00. The van der Waals surface area contributed by atoms with Gasteiger partial charge in [-0.2, -0.15) is 13.2 Å². The Hall–Kier alpha value is -1.95. The van der Waals surface area contributed by atoms with Crippen molar-refractivity contribution < 1.29 is 22.6 Å². The van der Waals surface area contributed by atoms with Crippen molar-refractivity contribution in [3.8, 4) is 11.5 Å². The van der Waals surface area contributed by atoms with Crippen LogP contribution in [-0.2, 0) is 0 Å². The van der Waals surface area contributed by atoms with Gasteiger partial charge in [0.1, 0.15) is 11.5 Å². The molecule has 0 N–H and O–H groups in total. The van der Waals surface area contributed by atoms with E-state index in [1.807, 2.05) is 32.0 Å². The Labute approximate surface area is 159 Å². The third-order valence-corrected chi connectivity index (χ3v) is 4.75. The molecule has 0 aliphatic heterocycles. The molecule has 2 nitrogen and oxygen atoms in total. The van der Waals surface area contributed by atoms with Gasteiger partial charge in [0, 0.05) is 22.0 Å². The normalized spacial score (nSPS) is 13.5. The summed E-state index contributed by atoms with van der Waals surface area (Å²) in [6.07, 6.45) is -4.17. The summed E-state index contributed by atoms with van der Waals surface area (Å²) in [5, 5.41) is 0. The maximum absolute atomic E-state index is 13.0. The van der Waals surface area contributed by atoms with E-state index in [2.05, 4.69) is 15.9 Å². The molecule has 6 heteroatoms. The highest BCUT2D eigenvalue weighted by Crippen LogP contribution is 2.43. The largest absolute Gasteiger partial charge is 0.497 e. The van der Waals surface area contributed by atoms with Crippen LogP contribution in [0.15, 0.2) is 47.0 Å². The van der Waals surface area contributed by atoms with Gasteiger partial charge < -0.3 is 9.47 Å². The molecule has 140 valence electrons. The number of alkyl halides is 3. The van der Waals surface area contributed by atoms with Crippen molar-refractivity contribution in [3.63, 3.8) is 0 Å². The van der Waals surface area contributed by atoms with Crippen LogP contribution in [0.2, 0.25) is 0 Å². The molecule has 1 atom stereocenters. The van der Waals surface area contributed by atoms with Gasteiger partial charge in [0.2, 0.25) is 0 Å². The lowest BCUT2D eigenvalue weighted by atomic mass is 9.86. The first-order chi connectivity index (χ1) is 12.2. The van der Waals surface area contributed by atoms with Gasteiger partial charge >= 0.3 is 6.18 Å². The minimum absolute atomic E-state index is 0.00325. The molecule has 0 aromatic heterocycles. The quantitative estimate of drug-likeness (QED) is 0.556. The molecule has 0 radical (unpaired) electrons. The van der Waals surface area contributed by atoms with E-state index >= 15 is 0 Å². The number of methoxy groups -OCH3 is 2. The first-order valence-corrected chi connectivity index (χ1v) is 8.69. The molecule has 0 saturated carbocycles. The lowest BCUT2D eigenvalue weighted by Crippen LogP contribution is -2.10. The molecule has 0 fully saturated rings. The van der Waals surface area contributed by atoms with E-state index < -0.39 is 12.1 Å². The van der Waals surface area contributed by atoms with Crippen molar-refractivity contribution in [3.05, 3.63) is 69.2 Å². The predicted octanol–water partition coefficient (Wildman–Crippen LogP) is 6.29. The van der Waals surface area contributed by atoms with Crippen LogP contribution < -0.4 is 9.47 Å². The number of hydrogen-bond acceptors (Lipinski definition) is 2. The Kier molecular flexibility index (Phi) is 6.39. The summed E-state index contributed by atoms with van der Waals surface area (Å²) in [4.78, 5) is 0. The van der Waals surface area contributed by atoms with Gasteiger partial charge in [0.25, 0.3) is 0 Å². The molecule has 0 bridgehead atoms. The van der Waals surface area contributed by atoms with E-state index in [9.17, 15) is 13.2 Å². The zero-order chi connectivity index (χ0) is 19.5. The first-order valence-electron chi connectivity index (χ1n) is 7.90. The molecule has 0 unspecified atom stereocenters. The van der Waals surface area contributed by atoms with Gasteiger partial charge in [-0.05, 0) is 43.2 Å². The summed E-state index contributed by atoms with van der Waals surface area (Å²) < 4.78 is 49.8. The summed E-state index contributed by atoms with van der Waals surface area (Å²) in [5.74, 6) is 0.355. The van der Waals surface area contributed by atoms with Crippen LogP contribution in [0.3, 0.4) is 0 Å². The lowest BCUT2D eigenvalue weighted by molar-refractivity contribution is -0.0802. The van der Waals surface area contributed by atoms with E-state index in [4.69, 9.17) is 9.47 Å². The standard InChI is InChI=1S/C20H20BrF3O2/c1-12-5-7-15(13(2)9-12)19(17(21)11-20(22,23)24)16-10-14(25-3)6-8-18(16)26-4/h5-11,19H,1-4H3/b17-11-/t19-/m1/s1. The van der Waals surface area contributed by atoms with E-state index in [-0.39, 0.29) is 10.6 Å². The molecule has 0 aliphatic rings. The Morgan fingerprint density at radius 1 is 1.00 bits per heavy atom. The van der Waals surface area contributed by atoms with E-state index in [1.165, 1.54) is 14.2 Å². The molecule has 2 rings (SSSR count). The molecule has 0 aliphatic carbocycles. The molecule has 0 saturated heterocycles. The number of ether oxygens (including phenoxy) is 2. The van der Waals surface area contributed by atoms with Crippen LogP contribution in [0.25, 0.3) is 0 Å². The van der Waals surface area contributed by atoms with Crippen LogP contribution in [0.1, 0.15) is 28.2 Å². The SMILES string of the molecule is COc1ccc(OC)c([C@H](/C(Br)=C/C(F)(F)F)c2ccc(C)cc2C)c1. The summed E-state index contributed by atoms with van der Waals surface area (Å²) in [6.45, 7) is 3.83. The Bertz CT molecular complexity index is 813. The van der Waals surface area contributed by atoms with Crippen LogP contribution in [0.4, 0.5) is 13.2 Å². The minimum atomic E-state index is -4.44. The van der Waals surface area contributed by atoms with Crippen LogP contribution >= 0.6 is 15.9 Å². The maximum atomic E-state index is 13.0. The van der Waals surface area contributed by atoms with E-state index in [0.717, 1.165) is 16.7 Å². The monoisotopic (exact) mass is 428 g/mol. The van der Waals surface area contributed by atoms with Gasteiger partial charge in [-0.1, -0.05) is 39.7 Å². The van der Waals surface area contributed by atoms with Gasteiger partial charge in [0.15, 0.2) is 0 Å². The zero-order valence-electron chi connectivity index (χ0n) is 14.9. The smallest absolute Gasteiger partial charge is 0.410 e. The lowest BCUT2D eigenvalue weighted by Gasteiger charge is -2.23. The van der Waals surface area contributed by atoms with Crippen LogP contribution in [0, 0.1) is 13.8 Å². The van der Waals surface area contributed by atoms with E-state index in [1.54, 1.807) is 18.2 Å². The number of aryl methyl sites for hydroxylation is 2. The number of hydrogen-bond donors (Lipinski definition) is 0. The van der Waals surface area contributed by atoms with E-state index in [0.29, 0.717) is 17.1 Å². The second-order valence-electron chi connectivity index (χ2n) is 5.97. The van der Waals surface area contributed by atoms with Gasteiger partial charge in [0.05, 0.1) is 14.2 Å². The second-order valence-corrected chi connectivity index (χ2v) is 6.89. The molecule has 2 aromatic rings. The molecular formula is C20H20BrF3O2. The zero-order valence-corrected chi connectivity index (χ0v) is 16.5. The predicted molar refractivity (Wildman–Crippen MR) is 100 cm³/mol. The highest BCUT2D eigenvalue weighted by molar-refractivity contribution is 9.11. The number of rotatable bonds is 5. The molecule has 2 aromatic carbocycles. The van der Waals surface area contributed by atoms with Crippen molar-refractivity contribution in [1.82, 2.24) is 0 Å². The molecular weight excluding hydrogens is 409 g/mol. The van der Waals surface area contributed by atoms with Crippen molar-refractivity contribution >= 4 is 15.9 Å². The van der Waals surface area contributed by atoms with Crippen molar-refractivity contribution in [2.24, 2.45) is 0 Å². The first kappa shape index (κ1) is 20.4. The van der Waals surface area contributed by atoms with Gasteiger partial charge in [-0.25, -0.2) is 0 Å². The summed E-state index contributed by atoms with van der Waals surface area (Å²) in [5.41, 5.74) is 3.28. The van der Waals surface area contributed by atoms with Gasteiger partial charge in [-0.3, -0.25) is 0 Å². The summed E-state index contributed by atoms with van der Waals surface area (Å²) in [6, 6.07) is 10.8. The van der Waals surface area contributed by atoms with Crippen LogP contribution in [0.5, 0.6) is 11.5 Å². The number of benzene rings is 2. The minimum Gasteiger partial charge on any atom is -0.497 e. The third kappa shape index (κ3) is 4.81. The van der Waals surface area contributed by atoms with Crippen molar-refractivity contribution in [2.45, 2.75) is 25.9 Å². The molecule has 0 spiro atoms. The number of halogens is 4. The number of allylic oxidation sites excluding steroid dienone is 2. The second kappa shape index (κ2) is 8.16. The Balaban J connectivity index is 2.75. The Morgan fingerprint density at radius 3 is 2.23 bits per heavy atom. The highest BCUT2D eigenvalue weighted by atomic mass is 79.9. The van der Waals surface area contributed by atoms with Crippen molar-refractivity contribution in [2.75, 3.05) is 14.2 Å².